The molecule has 0 bridgehead atoms. The molecule has 0 aromatic rings. The second kappa shape index (κ2) is 7.09. The molecular weight excluding hydrogens is 223 g/mol. The van der Waals surface area contributed by atoms with Crippen molar-refractivity contribution in [2.75, 3.05) is 26.9 Å². The molecule has 1 atom stereocenters. The second-order valence-corrected chi connectivity index (χ2v) is 3.81. The van der Waals surface area contributed by atoms with Gasteiger partial charge in [0.25, 0.3) is 0 Å². The van der Waals surface area contributed by atoms with Gasteiger partial charge in [-0.15, -0.1) is 0 Å². The summed E-state index contributed by atoms with van der Waals surface area (Å²) < 4.78 is 39.7. The molecule has 0 aliphatic heterocycles. The maximum atomic E-state index is 11.7. The average Bonchev–Trinajstić information content (AvgIpc) is 2.23. The Kier molecular flexibility index (Phi) is 6.94. The zero-order valence-electron chi connectivity index (χ0n) is 9.73. The molecule has 98 valence electrons. The minimum absolute atomic E-state index is 0.0285. The molecule has 16 heavy (non-hydrogen) atoms. The molecule has 0 aliphatic rings. The molecular formula is C10H20F3NO2. The summed E-state index contributed by atoms with van der Waals surface area (Å²) in [5, 5.41) is 12.2. The SMILES string of the molecule is CCC(CO)(CCCOCC(F)(F)F)NC. The summed E-state index contributed by atoms with van der Waals surface area (Å²) in [7, 11) is 1.73. The highest BCUT2D eigenvalue weighted by molar-refractivity contribution is 4.84. The van der Waals surface area contributed by atoms with E-state index >= 15 is 0 Å². The van der Waals surface area contributed by atoms with E-state index < -0.39 is 18.3 Å². The van der Waals surface area contributed by atoms with Gasteiger partial charge in [-0.3, -0.25) is 0 Å². The number of halogens is 3. The van der Waals surface area contributed by atoms with Crippen molar-refractivity contribution in [3.8, 4) is 0 Å². The smallest absolute Gasteiger partial charge is 0.394 e. The maximum absolute atomic E-state index is 11.7. The number of ether oxygens (including phenoxy) is 1. The van der Waals surface area contributed by atoms with Gasteiger partial charge >= 0.3 is 6.18 Å². The first-order valence-electron chi connectivity index (χ1n) is 5.33. The van der Waals surface area contributed by atoms with Crippen LogP contribution in [0.5, 0.6) is 0 Å². The largest absolute Gasteiger partial charge is 0.411 e. The highest BCUT2D eigenvalue weighted by atomic mass is 19.4. The zero-order valence-corrected chi connectivity index (χ0v) is 9.73. The van der Waals surface area contributed by atoms with Gasteiger partial charge in [0.2, 0.25) is 0 Å². The average molecular weight is 243 g/mol. The van der Waals surface area contributed by atoms with E-state index in [4.69, 9.17) is 0 Å². The van der Waals surface area contributed by atoms with Gasteiger partial charge in [-0.25, -0.2) is 0 Å². The zero-order chi connectivity index (χ0) is 12.7. The lowest BCUT2D eigenvalue weighted by Gasteiger charge is -2.30. The van der Waals surface area contributed by atoms with E-state index in [1.165, 1.54) is 0 Å². The molecule has 0 aromatic carbocycles. The lowest BCUT2D eigenvalue weighted by Crippen LogP contribution is -2.46. The minimum atomic E-state index is -4.26. The second-order valence-electron chi connectivity index (χ2n) is 3.81. The fourth-order valence-corrected chi connectivity index (χ4v) is 1.45. The number of rotatable bonds is 8. The van der Waals surface area contributed by atoms with Crippen molar-refractivity contribution in [1.82, 2.24) is 5.32 Å². The maximum Gasteiger partial charge on any atom is 0.411 e. The van der Waals surface area contributed by atoms with Gasteiger partial charge in [0.05, 0.1) is 6.61 Å². The minimum Gasteiger partial charge on any atom is -0.394 e. The first-order chi connectivity index (χ1) is 7.39. The molecule has 0 aliphatic carbocycles. The summed E-state index contributed by atoms with van der Waals surface area (Å²) in [5.74, 6) is 0. The fourth-order valence-electron chi connectivity index (χ4n) is 1.45. The third-order valence-electron chi connectivity index (χ3n) is 2.72. The first-order valence-corrected chi connectivity index (χ1v) is 5.33. The Hall–Kier alpha value is -0.330. The van der Waals surface area contributed by atoms with E-state index in [0.29, 0.717) is 12.8 Å². The van der Waals surface area contributed by atoms with Crippen LogP contribution < -0.4 is 5.32 Å². The van der Waals surface area contributed by atoms with Crippen LogP contribution in [-0.4, -0.2) is 43.7 Å². The van der Waals surface area contributed by atoms with Gasteiger partial charge in [-0.1, -0.05) is 6.92 Å². The molecule has 0 saturated carbocycles. The van der Waals surface area contributed by atoms with Crippen LogP contribution in [0.25, 0.3) is 0 Å². The van der Waals surface area contributed by atoms with Gasteiger partial charge in [0.15, 0.2) is 0 Å². The summed E-state index contributed by atoms with van der Waals surface area (Å²) >= 11 is 0. The predicted octanol–water partition coefficient (Wildman–Crippen LogP) is 1.71. The summed E-state index contributed by atoms with van der Waals surface area (Å²) in [4.78, 5) is 0. The molecule has 0 fully saturated rings. The highest BCUT2D eigenvalue weighted by Gasteiger charge is 2.28. The number of aliphatic hydroxyl groups excluding tert-OH is 1. The molecule has 1 unspecified atom stereocenters. The monoisotopic (exact) mass is 243 g/mol. The normalized spacial score (nSPS) is 16.1. The van der Waals surface area contributed by atoms with E-state index in [1.54, 1.807) is 7.05 Å². The van der Waals surface area contributed by atoms with Crippen LogP contribution in [0.1, 0.15) is 26.2 Å². The summed E-state index contributed by atoms with van der Waals surface area (Å²) in [6.45, 7) is 0.746. The van der Waals surface area contributed by atoms with Crippen molar-refractivity contribution in [2.24, 2.45) is 0 Å². The topological polar surface area (TPSA) is 41.5 Å². The van der Waals surface area contributed by atoms with E-state index in [-0.39, 0.29) is 13.2 Å². The van der Waals surface area contributed by atoms with Crippen LogP contribution in [0.15, 0.2) is 0 Å². The Morgan fingerprint density at radius 1 is 1.31 bits per heavy atom. The molecule has 3 nitrogen and oxygen atoms in total. The third-order valence-corrected chi connectivity index (χ3v) is 2.72. The lowest BCUT2D eigenvalue weighted by molar-refractivity contribution is -0.174. The number of aliphatic hydroxyl groups is 1. The number of likely N-dealkylation sites (N-methyl/N-ethyl adjacent to an activating group) is 1. The summed E-state index contributed by atoms with van der Waals surface area (Å²) in [6, 6.07) is 0. The summed E-state index contributed by atoms with van der Waals surface area (Å²) in [5.41, 5.74) is -0.401. The Bertz CT molecular complexity index is 173. The standard InChI is InChI=1S/C10H20F3NO2/c1-3-9(7-15,14-2)5-4-6-16-8-10(11,12)13/h14-15H,3-8H2,1-2H3. The Morgan fingerprint density at radius 3 is 2.31 bits per heavy atom. The van der Waals surface area contributed by atoms with Crippen molar-refractivity contribution >= 4 is 0 Å². The van der Waals surface area contributed by atoms with Gasteiger partial charge in [0.1, 0.15) is 6.61 Å². The molecule has 6 heteroatoms. The number of nitrogens with one attached hydrogen (secondary N) is 1. The van der Waals surface area contributed by atoms with Crippen LogP contribution in [-0.2, 0) is 4.74 Å². The van der Waals surface area contributed by atoms with Crippen LogP contribution in [0.2, 0.25) is 0 Å². The van der Waals surface area contributed by atoms with E-state index in [2.05, 4.69) is 10.1 Å². The Labute approximate surface area is 94.0 Å². The van der Waals surface area contributed by atoms with Gasteiger partial charge in [0, 0.05) is 12.1 Å². The molecule has 0 heterocycles. The van der Waals surface area contributed by atoms with Gasteiger partial charge in [-0.2, -0.15) is 13.2 Å². The molecule has 0 aromatic heterocycles. The quantitative estimate of drug-likeness (QED) is 0.638. The van der Waals surface area contributed by atoms with Crippen LogP contribution in [0.3, 0.4) is 0 Å². The Morgan fingerprint density at radius 2 is 1.94 bits per heavy atom. The van der Waals surface area contributed by atoms with Crippen LogP contribution in [0.4, 0.5) is 13.2 Å². The summed E-state index contributed by atoms with van der Waals surface area (Å²) in [6.07, 6.45) is -2.46. The van der Waals surface area contributed by atoms with Gasteiger partial charge in [-0.05, 0) is 26.3 Å². The molecule has 0 amide bonds. The van der Waals surface area contributed by atoms with Crippen molar-refractivity contribution < 1.29 is 23.0 Å². The third kappa shape index (κ3) is 6.30. The number of hydrogen-bond donors (Lipinski definition) is 2. The van der Waals surface area contributed by atoms with E-state index in [0.717, 1.165) is 6.42 Å². The molecule has 2 N–H and O–H groups in total. The van der Waals surface area contributed by atoms with Crippen molar-refractivity contribution in [1.29, 1.82) is 0 Å². The molecule has 0 saturated heterocycles. The fraction of sp³-hybridized carbons (Fsp3) is 1.00. The molecule has 0 radical (unpaired) electrons. The van der Waals surface area contributed by atoms with E-state index in [1.807, 2.05) is 6.92 Å². The highest BCUT2D eigenvalue weighted by Crippen LogP contribution is 2.18. The number of hydrogen-bond acceptors (Lipinski definition) is 3. The first kappa shape index (κ1) is 15.7. The predicted molar refractivity (Wildman–Crippen MR) is 55.3 cm³/mol. The molecule has 0 spiro atoms. The molecule has 0 rings (SSSR count). The lowest BCUT2D eigenvalue weighted by atomic mass is 9.92. The van der Waals surface area contributed by atoms with Crippen LogP contribution >= 0.6 is 0 Å². The Balaban J connectivity index is 3.71. The number of alkyl halides is 3. The van der Waals surface area contributed by atoms with Crippen molar-refractivity contribution in [2.45, 2.75) is 37.9 Å². The van der Waals surface area contributed by atoms with Crippen LogP contribution in [0, 0.1) is 0 Å². The van der Waals surface area contributed by atoms with Crippen molar-refractivity contribution in [3.05, 3.63) is 0 Å². The van der Waals surface area contributed by atoms with Gasteiger partial charge < -0.3 is 15.2 Å². The van der Waals surface area contributed by atoms with Crippen molar-refractivity contribution in [3.63, 3.8) is 0 Å². The van der Waals surface area contributed by atoms with E-state index in [9.17, 15) is 18.3 Å².